The van der Waals surface area contributed by atoms with Gasteiger partial charge in [0.2, 0.25) is 0 Å². The van der Waals surface area contributed by atoms with E-state index in [1.165, 1.54) is 15.7 Å². The monoisotopic (exact) mass is 335 g/mol. The quantitative estimate of drug-likeness (QED) is 0.929. The van der Waals surface area contributed by atoms with Crippen molar-refractivity contribution in [3.8, 4) is 0 Å². The summed E-state index contributed by atoms with van der Waals surface area (Å²) in [5.74, 6) is 0. The Morgan fingerprint density at radius 1 is 1.50 bits per heavy atom. The normalized spacial score (nSPS) is 19.5. The lowest BCUT2D eigenvalue weighted by molar-refractivity contribution is 0.0537. The zero-order valence-corrected chi connectivity index (χ0v) is 13.2. The van der Waals surface area contributed by atoms with Crippen LogP contribution in [0.25, 0.3) is 4.96 Å². The number of imidazole rings is 1. The molecule has 3 rings (SSSR count). The molecule has 2 aromatic rings. The largest absolute Gasteiger partial charge is 0.381 e. The molecule has 0 atom stereocenters. The molecule has 0 unspecified atom stereocenters. The number of nitrogens with zero attached hydrogens (tertiary/aromatic N) is 2. The Kier molecular flexibility index (Phi) is 3.54. The molecule has 2 aromatic heterocycles. The minimum Gasteiger partial charge on any atom is -0.381 e. The highest BCUT2D eigenvalue weighted by Crippen LogP contribution is 2.28. The fourth-order valence-corrected chi connectivity index (χ4v) is 5.20. The van der Waals surface area contributed by atoms with Crippen LogP contribution >= 0.6 is 22.9 Å². The molecule has 20 heavy (non-hydrogen) atoms. The lowest BCUT2D eigenvalue weighted by Gasteiger charge is -2.33. The van der Waals surface area contributed by atoms with E-state index in [0.29, 0.717) is 31.0 Å². The Bertz CT molecular complexity index is 731. The average Bonchev–Trinajstić information content (AvgIpc) is 2.87. The summed E-state index contributed by atoms with van der Waals surface area (Å²) < 4.78 is 34.7. The molecule has 1 aliphatic rings. The molecular formula is C11H14ClN3O3S2. The van der Waals surface area contributed by atoms with Crippen molar-refractivity contribution < 1.29 is 13.2 Å². The Morgan fingerprint density at radius 3 is 2.90 bits per heavy atom. The van der Waals surface area contributed by atoms with E-state index in [4.69, 9.17) is 16.3 Å². The second-order valence-electron chi connectivity index (χ2n) is 5.04. The highest BCUT2D eigenvalue weighted by atomic mass is 35.5. The second-order valence-corrected chi connectivity index (χ2v) is 7.87. The van der Waals surface area contributed by atoms with Crippen LogP contribution < -0.4 is 4.72 Å². The van der Waals surface area contributed by atoms with E-state index >= 15 is 0 Å². The van der Waals surface area contributed by atoms with Crippen LogP contribution in [0.2, 0.25) is 5.15 Å². The molecule has 0 saturated carbocycles. The number of hydrogen-bond donors (Lipinski definition) is 1. The third-order valence-electron chi connectivity index (χ3n) is 3.41. The number of nitrogens with one attached hydrogen (secondary N) is 1. The number of sulfonamides is 1. The molecule has 9 heteroatoms. The number of rotatable bonds is 3. The van der Waals surface area contributed by atoms with Gasteiger partial charge in [0, 0.05) is 30.3 Å². The molecule has 1 fully saturated rings. The van der Waals surface area contributed by atoms with Crippen LogP contribution in [0.5, 0.6) is 0 Å². The van der Waals surface area contributed by atoms with Crippen molar-refractivity contribution in [3.05, 3.63) is 16.7 Å². The van der Waals surface area contributed by atoms with Crippen LogP contribution in [0.1, 0.15) is 19.8 Å². The molecule has 1 N–H and O–H groups in total. The summed E-state index contributed by atoms with van der Waals surface area (Å²) in [6, 6.07) is 0. The molecule has 0 bridgehead atoms. The third kappa shape index (κ3) is 2.46. The van der Waals surface area contributed by atoms with Gasteiger partial charge in [-0.2, -0.15) is 0 Å². The number of thiazole rings is 1. The van der Waals surface area contributed by atoms with Gasteiger partial charge in [0.15, 0.2) is 15.1 Å². The minimum atomic E-state index is -3.73. The molecule has 0 spiro atoms. The van der Waals surface area contributed by atoms with Crippen molar-refractivity contribution in [2.45, 2.75) is 30.3 Å². The highest BCUT2D eigenvalue weighted by Gasteiger charge is 2.35. The summed E-state index contributed by atoms with van der Waals surface area (Å²) in [5, 5.41) is 1.77. The Labute approximate surface area is 125 Å². The second kappa shape index (κ2) is 4.96. The van der Waals surface area contributed by atoms with Crippen LogP contribution in [-0.2, 0) is 14.8 Å². The highest BCUT2D eigenvalue weighted by molar-refractivity contribution is 7.89. The molecule has 6 nitrogen and oxygen atoms in total. The Morgan fingerprint density at radius 2 is 2.20 bits per heavy atom. The lowest BCUT2D eigenvalue weighted by Crippen LogP contribution is -2.49. The number of hydrogen-bond acceptors (Lipinski definition) is 5. The summed E-state index contributed by atoms with van der Waals surface area (Å²) >= 11 is 7.33. The molecular weight excluding hydrogens is 322 g/mol. The summed E-state index contributed by atoms with van der Waals surface area (Å²) in [6.45, 7) is 2.98. The number of fused-ring (bicyclic) bond motifs is 1. The zero-order valence-electron chi connectivity index (χ0n) is 10.8. The van der Waals surface area contributed by atoms with E-state index in [0.717, 1.165) is 0 Å². The van der Waals surface area contributed by atoms with Crippen molar-refractivity contribution in [1.82, 2.24) is 14.1 Å². The van der Waals surface area contributed by atoms with Crippen LogP contribution in [0.4, 0.5) is 0 Å². The van der Waals surface area contributed by atoms with Crippen LogP contribution in [0.3, 0.4) is 0 Å². The molecule has 110 valence electrons. The van der Waals surface area contributed by atoms with E-state index in [1.54, 1.807) is 11.6 Å². The average molecular weight is 336 g/mol. The Balaban J connectivity index is 1.99. The number of halogens is 1. The fraction of sp³-hybridized carbons (Fsp3) is 0.545. The molecule has 1 saturated heterocycles. The van der Waals surface area contributed by atoms with Gasteiger partial charge in [-0.05, 0) is 19.8 Å². The van der Waals surface area contributed by atoms with Crippen molar-refractivity contribution >= 4 is 37.9 Å². The van der Waals surface area contributed by atoms with Gasteiger partial charge in [0.1, 0.15) is 0 Å². The van der Waals surface area contributed by atoms with E-state index in [-0.39, 0.29) is 10.2 Å². The predicted molar refractivity (Wildman–Crippen MR) is 76.9 cm³/mol. The predicted octanol–water partition coefficient (Wildman–Crippen LogP) is 1.90. The van der Waals surface area contributed by atoms with E-state index in [1.807, 2.05) is 6.92 Å². The summed E-state index contributed by atoms with van der Waals surface area (Å²) in [7, 11) is -3.73. The fourth-order valence-electron chi connectivity index (χ4n) is 2.28. The summed E-state index contributed by atoms with van der Waals surface area (Å²) in [4.78, 5) is 4.62. The molecule has 0 aliphatic carbocycles. The van der Waals surface area contributed by atoms with E-state index in [9.17, 15) is 8.42 Å². The van der Waals surface area contributed by atoms with Gasteiger partial charge in [-0.25, -0.2) is 18.1 Å². The van der Waals surface area contributed by atoms with Gasteiger partial charge in [-0.1, -0.05) is 11.6 Å². The van der Waals surface area contributed by atoms with Crippen LogP contribution in [0, 0.1) is 0 Å². The molecule has 0 amide bonds. The first-order valence-electron chi connectivity index (χ1n) is 6.14. The van der Waals surface area contributed by atoms with Crippen molar-refractivity contribution in [1.29, 1.82) is 0 Å². The summed E-state index contributed by atoms with van der Waals surface area (Å²) in [6.07, 6.45) is 2.92. The van der Waals surface area contributed by atoms with Crippen LogP contribution in [-0.4, -0.2) is 36.6 Å². The number of ether oxygens (including phenoxy) is 1. The van der Waals surface area contributed by atoms with E-state index < -0.39 is 15.6 Å². The minimum absolute atomic E-state index is 0.00000874. The van der Waals surface area contributed by atoms with Gasteiger partial charge >= 0.3 is 0 Å². The number of aromatic nitrogens is 2. The maximum atomic E-state index is 12.6. The summed E-state index contributed by atoms with van der Waals surface area (Å²) in [5.41, 5.74) is -0.513. The van der Waals surface area contributed by atoms with Gasteiger partial charge in [0.25, 0.3) is 10.0 Å². The topological polar surface area (TPSA) is 72.7 Å². The first kappa shape index (κ1) is 14.3. The molecule has 0 aromatic carbocycles. The maximum Gasteiger partial charge on any atom is 0.260 e. The third-order valence-corrected chi connectivity index (χ3v) is 6.20. The van der Waals surface area contributed by atoms with Crippen LogP contribution in [0.15, 0.2) is 16.6 Å². The molecule has 0 radical (unpaired) electrons. The maximum absolute atomic E-state index is 12.6. The van der Waals surface area contributed by atoms with Gasteiger partial charge in [-0.3, -0.25) is 4.40 Å². The van der Waals surface area contributed by atoms with Gasteiger partial charge in [-0.15, -0.1) is 11.3 Å². The van der Waals surface area contributed by atoms with Gasteiger partial charge < -0.3 is 4.74 Å². The SMILES string of the molecule is CC1(NS(=O)(=O)c2c(Cl)nc3sccn23)CCOCC1. The standard InChI is InChI=1S/C11H14ClN3O3S2/c1-11(2-5-18-6-3-11)14-20(16,17)9-8(12)13-10-15(9)4-7-19-10/h4,7,14H,2-3,5-6H2,1H3. The molecule has 1 aliphatic heterocycles. The lowest BCUT2D eigenvalue weighted by atomic mass is 9.94. The smallest absolute Gasteiger partial charge is 0.260 e. The zero-order chi connectivity index (χ0) is 14.4. The van der Waals surface area contributed by atoms with Crippen molar-refractivity contribution in [2.24, 2.45) is 0 Å². The van der Waals surface area contributed by atoms with Crippen molar-refractivity contribution in [3.63, 3.8) is 0 Å². The van der Waals surface area contributed by atoms with E-state index in [2.05, 4.69) is 9.71 Å². The van der Waals surface area contributed by atoms with Crippen molar-refractivity contribution in [2.75, 3.05) is 13.2 Å². The molecule has 3 heterocycles. The first-order valence-corrected chi connectivity index (χ1v) is 8.88. The Hall–Kier alpha value is -0.670. The first-order chi connectivity index (χ1) is 9.41. The van der Waals surface area contributed by atoms with Gasteiger partial charge in [0.05, 0.1) is 0 Å².